The first-order chi connectivity index (χ1) is 6.53. The highest BCUT2D eigenvalue weighted by Gasteiger charge is 2.22. The van der Waals surface area contributed by atoms with Crippen LogP contribution in [0.15, 0.2) is 0 Å². The van der Waals surface area contributed by atoms with Gasteiger partial charge in [0.1, 0.15) is 9.84 Å². The smallest absolute Gasteiger partial charge is 0.147 e. The van der Waals surface area contributed by atoms with Crippen LogP contribution < -0.4 is 0 Å². The molecule has 0 aromatic rings. The van der Waals surface area contributed by atoms with Crippen LogP contribution in [0.4, 0.5) is 0 Å². The van der Waals surface area contributed by atoms with Crippen LogP contribution >= 0.6 is 0 Å². The van der Waals surface area contributed by atoms with E-state index in [9.17, 15) is 8.42 Å². The molecule has 1 saturated heterocycles. The van der Waals surface area contributed by atoms with E-state index in [1.807, 2.05) is 0 Å². The molecule has 0 spiro atoms. The fourth-order valence-electron chi connectivity index (χ4n) is 1.93. The van der Waals surface area contributed by atoms with Gasteiger partial charge in [-0.05, 0) is 32.4 Å². The number of rotatable bonds is 5. The number of nitrogens with zero attached hydrogens (tertiary/aromatic N) is 1. The molecule has 1 atom stereocenters. The lowest BCUT2D eigenvalue weighted by molar-refractivity contribution is 0.159. The van der Waals surface area contributed by atoms with E-state index in [4.69, 9.17) is 5.11 Å². The molecule has 1 aliphatic rings. The standard InChI is InChI=1S/C9H19NO3S/c1-14(12,13)7-3-6-10-5-2-4-9(10)8-11/h9,11H,2-8H2,1H3/t9-/m0/s1. The molecule has 0 aromatic carbocycles. The molecule has 1 heterocycles. The molecule has 1 aliphatic heterocycles. The lowest BCUT2D eigenvalue weighted by Gasteiger charge is -2.22. The van der Waals surface area contributed by atoms with Crippen LogP contribution in [0, 0.1) is 0 Å². The van der Waals surface area contributed by atoms with Gasteiger partial charge in [-0.15, -0.1) is 0 Å². The Hall–Kier alpha value is -0.130. The highest BCUT2D eigenvalue weighted by Crippen LogP contribution is 2.16. The quantitative estimate of drug-likeness (QED) is 0.703. The number of sulfone groups is 1. The lowest BCUT2D eigenvalue weighted by Crippen LogP contribution is -2.33. The Morgan fingerprint density at radius 1 is 1.50 bits per heavy atom. The molecule has 0 saturated carbocycles. The number of hydrogen-bond acceptors (Lipinski definition) is 4. The van der Waals surface area contributed by atoms with Crippen molar-refractivity contribution in [2.45, 2.75) is 25.3 Å². The number of aliphatic hydroxyl groups excluding tert-OH is 1. The Morgan fingerprint density at radius 3 is 2.79 bits per heavy atom. The fourth-order valence-corrected chi connectivity index (χ4v) is 2.58. The third-order valence-electron chi connectivity index (χ3n) is 2.67. The summed E-state index contributed by atoms with van der Waals surface area (Å²) in [6, 6.07) is 0.259. The highest BCUT2D eigenvalue weighted by molar-refractivity contribution is 7.90. The van der Waals surface area contributed by atoms with Crippen LogP contribution in [-0.2, 0) is 9.84 Å². The summed E-state index contributed by atoms with van der Waals surface area (Å²) in [6.45, 7) is 1.98. The largest absolute Gasteiger partial charge is 0.395 e. The van der Waals surface area contributed by atoms with Crippen molar-refractivity contribution in [2.75, 3.05) is 31.7 Å². The van der Waals surface area contributed by atoms with Gasteiger partial charge < -0.3 is 5.11 Å². The second-order valence-corrected chi connectivity index (χ2v) is 6.26. The second-order valence-electron chi connectivity index (χ2n) is 4.00. The molecule has 14 heavy (non-hydrogen) atoms. The van der Waals surface area contributed by atoms with E-state index in [0.29, 0.717) is 6.42 Å². The SMILES string of the molecule is CS(=O)(=O)CCCN1CCC[C@H]1CO. The van der Waals surface area contributed by atoms with Crippen LogP contribution in [0.2, 0.25) is 0 Å². The molecule has 0 radical (unpaired) electrons. The lowest BCUT2D eigenvalue weighted by atomic mass is 10.2. The predicted octanol–water partition coefficient (Wildman–Crippen LogP) is -0.122. The van der Waals surface area contributed by atoms with Gasteiger partial charge in [0, 0.05) is 12.3 Å². The monoisotopic (exact) mass is 221 g/mol. The van der Waals surface area contributed by atoms with Crippen molar-refractivity contribution in [3.8, 4) is 0 Å². The average molecular weight is 221 g/mol. The van der Waals surface area contributed by atoms with Gasteiger partial charge in [0.15, 0.2) is 0 Å². The van der Waals surface area contributed by atoms with Gasteiger partial charge in [-0.1, -0.05) is 0 Å². The van der Waals surface area contributed by atoms with E-state index >= 15 is 0 Å². The molecule has 4 nitrogen and oxygen atoms in total. The van der Waals surface area contributed by atoms with Crippen molar-refractivity contribution < 1.29 is 13.5 Å². The zero-order chi connectivity index (χ0) is 10.6. The Bertz CT molecular complexity index is 263. The van der Waals surface area contributed by atoms with E-state index < -0.39 is 9.84 Å². The Balaban J connectivity index is 2.24. The molecule has 1 N–H and O–H groups in total. The van der Waals surface area contributed by atoms with Crippen molar-refractivity contribution >= 4 is 9.84 Å². The van der Waals surface area contributed by atoms with E-state index in [1.165, 1.54) is 6.26 Å². The number of likely N-dealkylation sites (tertiary alicyclic amines) is 1. The van der Waals surface area contributed by atoms with E-state index in [-0.39, 0.29) is 18.4 Å². The summed E-state index contributed by atoms with van der Waals surface area (Å²) < 4.78 is 21.8. The van der Waals surface area contributed by atoms with Crippen molar-refractivity contribution in [1.29, 1.82) is 0 Å². The van der Waals surface area contributed by atoms with E-state index in [0.717, 1.165) is 25.9 Å². The minimum atomic E-state index is -2.83. The molecule has 1 rings (SSSR count). The van der Waals surface area contributed by atoms with Gasteiger partial charge in [0.2, 0.25) is 0 Å². The van der Waals surface area contributed by atoms with E-state index in [2.05, 4.69) is 4.90 Å². The minimum Gasteiger partial charge on any atom is -0.395 e. The van der Waals surface area contributed by atoms with Gasteiger partial charge in [0.25, 0.3) is 0 Å². The fraction of sp³-hybridized carbons (Fsp3) is 1.00. The summed E-state index contributed by atoms with van der Waals surface area (Å²) in [5.41, 5.74) is 0. The molecule has 0 aliphatic carbocycles. The Labute approximate surface area is 85.8 Å². The first kappa shape index (κ1) is 11.9. The van der Waals surface area contributed by atoms with Crippen molar-refractivity contribution in [2.24, 2.45) is 0 Å². The zero-order valence-corrected chi connectivity index (χ0v) is 9.46. The van der Waals surface area contributed by atoms with Gasteiger partial charge in [-0.3, -0.25) is 4.90 Å². The molecule has 5 heteroatoms. The van der Waals surface area contributed by atoms with Gasteiger partial charge in [-0.2, -0.15) is 0 Å². The molecular weight excluding hydrogens is 202 g/mol. The first-order valence-electron chi connectivity index (χ1n) is 5.05. The summed E-state index contributed by atoms with van der Waals surface area (Å²) in [7, 11) is -2.83. The van der Waals surface area contributed by atoms with Gasteiger partial charge in [0.05, 0.1) is 12.4 Å². The second kappa shape index (κ2) is 5.09. The first-order valence-corrected chi connectivity index (χ1v) is 7.11. The Kier molecular flexibility index (Phi) is 4.34. The van der Waals surface area contributed by atoms with Gasteiger partial charge in [-0.25, -0.2) is 8.42 Å². The summed E-state index contributed by atoms with van der Waals surface area (Å²) >= 11 is 0. The van der Waals surface area contributed by atoms with Crippen molar-refractivity contribution in [1.82, 2.24) is 4.90 Å². The van der Waals surface area contributed by atoms with Crippen LogP contribution in [0.1, 0.15) is 19.3 Å². The molecule has 0 amide bonds. The summed E-state index contributed by atoms with van der Waals surface area (Å²) in [4.78, 5) is 2.19. The summed E-state index contributed by atoms with van der Waals surface area (Å²) in [5.74, 6) is 0.252. The van der Waals surface area contributed by atoms with Crippen LogP contribution in [0.5, 0.6) is 0 Å². The number of hydrogen-bond donors (Lipinski definition) is 1. The predicted molar refractivity (Wildman–Crippen MR) is 56.0 cm³/mol. The maximum absolute atomic E-state index is 10.9. The molecule has 0 unspecified atom stereocenters. The summed E-state index contributed by atoms with van der Waals surface area (Å²) in [6.07, 6.45) is 4.09. The molecule has 0 aromatic heterocycles. The summed E-state index contributed by atoms with van der Waals surface area (Å²) in [5, 5.41) is 9.04. The maximum atomic E-state index is 10.9. The van der Waals surface area contributed by atoms with Crippen LogP contribution in [0.3, 0.4) is 0 Å². The maximum Gasteiger partial charge on any atom is 0.147 e. The topological polar surface area (TPSA) is 57.6 Å². The average Bonchev–Trinajstić information content (AvgIpc) is 2.49. The Morgan fingerprint density at radius 2 is 2.21 bits per heavy atom. The zero-order valence-electron chi connectivity index (χ0n) is 8.65. The van der Waals surface area contributed by atoms with Crippen LogP contribution in [0.25, 0.3) is 0 Å². The number of aliphatic hydroxyl groups is 1. The van der Waals surface area contributed by atoms with E-state index in [1.54, 1.807) is 0 Å². The highest BCUT2D eigenvalue weighted by atomic mass is 32.2. The third kappa shape index (κ3) is 3.94. The van der Waals surface area contributed by atoms with Crippen LogP contribution in [-0.4, -0.2) is 56.2 Å². The van der Waals surface area contributed by atoms with Crippen molar-refractivity contribution in [3.63, 3.8) is 0 Å². The minimum absolute atomic E-state index is 0.193. The third-order valence-corrected chi connectivity index (χ3v) is 3.70. The molecule has 1 fully saturated rings. The van der Waals surface area contributed by atoms with Gasteiger partial charge >= 0.3 is 0 Å². The molecular formula is C9H19NO3S. The molecule has 0 bridgehead atoms. The van der Waals surface area contributed by atoms with Crippen molar-refractivity contribution in [3.05, 3.63) is 0 Å². The molecule has 84 valence electrons. The normalized spacial score (nSPS) is 24.3.